The highest BCUT2D eigenvalue weighted by Gasteiger charge is 2.41. The van der Waals surface area contributed by atoms with Gasteiger partial charge in [-0.25, -0.2) is 4.90 Å². The van der Waals surface area contributed by atoms with Crippen LogP contribution in [0, 0.1) is 6.92 Å². The summed E-state index contributed by atoms with van der Waals surface area (Å²) in [5.74, 6) is -0.660. The van der Waals surface area contributed by atoms with Crippen molar-refractivity contribution in [3.8, 4) is 0 Å². The highest BCUT2D eigenvalue weighted by Crippen LogP contribution is 2.36. The van der Waals surface area contributed by atoms with Crippen LogP contribution < -0.4 is 10.2 Å². The zero-order chi connectivity index (χ0) is 19.0. The Kier molecular flexibility index (Phi) is 4.68. The van der Waals surface area contributed by atoms with Crippen LogP contribution in [-0.2, 0) is 9.59 Å². The lowest BCUT2D eigenvalue weighted by Gasteiger charge is -2.17. The number of thiophene rings is 1. The van der Waals surface area contributed by atoms with E-state index in [4.69, 9.17) is 0 Å². The number of nitrogens with one attached hydrogen (secondary N) is 1. The first-order valence-electron chi connectivity index (χ1n) is 8.31. The quantitative estimate of drug-likeness (QED) is 0.568. The van der Waals surface area contributed by atoms with Gasteiger partial charge in [-0.15, -0.1) is 11.3 Å². The van der Waals surface area contributed by atoms with Gasteiger partial charge in [-0.05, 0) is 48.2 Å². The number of imide groups is 1. The second kappa shape index (κ2) is 7.13. The van der Waals surface area contributed by atoms with Crippen LogP contribution in [0.15, 0.2) is 76.2 Å². The van der Waals surface area contributed by atoms with Crippen molar-refractivity contribution < 1.29 is 9.59 Å². The second-order valence-electron chi connectivity index (χ2n) is 6.09. The molecular weight excluding hydrogens is 424 g/mol. The molecule has 2 heterocycles. The van der Waals surface area contributed by atoms with Crippen LogP contribution in [0.1, 0.15) is 10.4 Å². The van der Waals surface area contributed by atoms with Crippen molar-refractivity contribution in [3.05, 3.63) is 86.7 Å². The number of rotatable bonds is 4. The summed E-state index contributed by atoms with van der Waals surface area (Å²) < 4.78 is 0.887. The van der Waals surface area contributed by atoms with E-state index in [1.807, 2.05) is 66.9 Å². The van der Waals surface area contributed by atoms with Crippen LogP contribution in [0.5, 0.6) is 0 Å². The van der Waals surface area contributed by atoms with Crippen molar-refractivity contribution in [1.29, 1.82) is 0 Å². The fraction of sp³-hybridized carbons (Fsp3) is 0.0476. The average Bonchev–Trinajstić information content (AvgIpc) is 3.24. The number of hydrogen-bond acceptors (Lipinski definition) is 4. The first-order chi connectivity index (χ1) is 13.1. The minimum Gasteiger partial charge on any atom is -0.350 e. The Morgan fingerprint density at radius 3 is 2.48 bits per heavy atom. The van der Waals surface area contributed by atoms with E-state index in [2.05, 4.69) is 21.2 Å². The van der Waals surface area contributed by atoms with Gasteiger partial charge in [0.25, 0.3) is 11.8 Å². The number of carbonyl (C=O) groups is 2. The van der Waals surface area contributed by atoms with Gasteiger partial charge in [0.1, 0.15) is 5.70 Å². The summed E-state index contributed by atoms with van der Waals surface area (Å²) in [4.78, 5) is 28.5. The highest BCUT2D eigenvalue weighted by atomic mass is 79.9. The zero-order valence-electron chi connectivity index (χ0n) is 14.4. The Morgan fingerprint density at radius 2 is 1.78 bits per heavy atom. The number of anilines is 2. The number of aryl methyl sites for hydroxylation is 1. The first-order valence-corrected chi connectivity index (χ1v) is 9.98. The van der Waals surface area contributed by atoms with Gasteiger partial charge in [-0.3, -0.25) is 9.59 Å². The van der Waals surface area contributed by atoms with Crippen molar-refractivity contribution in [1.82, 2.24) is 0 Å². The van der Waals surface area contributed by atoms with Crippen LogP contribution in [0.3, 0.4) is 0 Å². The van der Waals surface area contributed by atoms with E-state index >= 15 is 0 Å². The molecule has 6 heteroatoms. The van der Waals surface area contributed by atoms with Crippen molar-refractivity contribution in [2.75, 3.05) is 10.2 Å². The summed E-state index contributed by atoms with van der Waals surface area (Å²) in [7, 11) is 0. The molecule has 0 spiro atoms. The molecule has 0 radical (unpaired) electrons. The van der Waals surface area contributed by atoms with Gasteiger partial charge in [0.2, 0.25) is 0 Å². The number of para-hydroxylation sites is 1. The lowest BCUT2D eigenvalue weighted by molar-refractivity contribution is -0.120. The molecule has 27 heavy (non-hydrogen) atoms. The van der Waals surface area contributed by atoms with E-state index in [1.165, 1.54) is 16.2 Å². The van der Waals surface area contributed by atoms with E-state index in [1.54, 1.807) is 6.07 Å². The average molecular weight is 439 g/mol. The molecule has 1 aliphatic heterocycles. The number of benzene rings is 2. The smallest absolute Gasteiger partial charge is 0.282 e. The van der Waals surface area contributed by atoms with E-state index in [-0.39, 0.29) is 11.8 Å². The van der Waals surface area contributed by atoms with E-state index < -0.39 is 0 Å². The molecule has 0 unspecified atom stereocenters. The van der Waals surface area contributed by atoms with Crippen LogP contribution in [0.4, 0.5) is 11.4 Å². The van der Waals surface area contributed by atoms with Crippen LogP contribution in [-0.4, -0.2) is 11.8 Å². The molecule has 1 aliphatic rings. The molecule has 1 N–H and O–H groups in total. The number of hydrogen-bond donors (Lipinski definition) is 1. The molecule has 3 aromatic rings. The molecule has 0 saturated heterocycles. The lowest BCUT2D eigenvalue weighted by atomic mass is 10.1. The number of nitrogens with zero attached hydrogens (tertiary/aromatic N) is 1. The summed E-state index contributed by atoms with van der Waals surface area (Å²) in [6, 6.07) is 18.6. The summed E-state index contributed by atoms with van der Waals surface area (Å²) in [6.07, 6.45) is 0. The van der Waals surface area contributed by atoms with Crippen molar-refractivity contribution >= 4 is 56.0 Å². The Balaban J connectivity index is 1.82. The molecule has 0 atom stereocenters. The third-order valence-electron chi connectivity index (χ3n) is 4.30. The number of carbonyl (C=O) groups excluding carboxylic acids is 2. The van der Waals surface area contributed by atoms with Crippen molar-refractivity contribution in [2.24, 2.45) is 0 Å². The minimum absolute atomic E-state index is 0.295. The van der Waals surface area contributed by atoms with Gasteiger partial charge < -0.3 is 5.32 Å². The normalized spacial score (nSPS) is 14.2. The zero-order valence-corrected chi connectivity index (χ0v) is 16.8. The Morgan fingerprint density at radius 1 is 0.963 bits per heavy atom. The summed E-state index contributed by atoms with van der Waals surface area (Å²) in [5.41, 5.74) is 2.91. The molecule has 0 bridgehead atoms. The number of halogens is 1. The number of amides is 2. The van der Waals surface area contributed by atoms with Crippen LogP contribution >= 0.6 is 27.3 Å². The van der Waals surface area contributed by atoms with E-state index in [0.29, 0.717) is 17.0 Å². The second-order valence-corrected chi connectivity index (χ2v) is 7.96. The maximum Gasteiger partial charge on any atom is 0.282 e. The van der Waals surface area contributed by atoms with Crippen molar-refractivity contribution in [2.45, 2.75) is 6.92 Å². The Labute approximate surface area is 169 Å². The van der Waals surface area contributed by atoms with E-state index in [0.717, 1.165) is 20.6 Å². The summed E-state index contributed by atoms with van der Waals surface area (Å²) in [5, 5.41) is 5.06. The predicted molar refractivity (Wildman–Crippen MR) is 113 cm³/mol. The van der Waals surface area contributed by atoms with Gasteiger partial charge >= 0.3 is 0 Å². The topological polar surface area (TPSA) is 49.4 Å². The third-order valence-corrected chi connectivity index (χ3v) is 5.68. The van der Waals surface area contributed by atoms with Crippen molar-refractivity contribution in [3.63, 3.8) is 0 Å². The molecule has 0 saturated carbocycles. The summed E-state index contributed by atoms with van der Waals surface area (Å²) in [6.45, 7) is 1.89. The molecule has 1 aromatic heterocycles. The molecule has 2 amide bonds. The van der Waals surface area contributed by atoms with Gasteiger partial charge in [-0.1, -0.05) is 46.3 Å². The molecule has 4 nitrogen and oxygen atoms in total. The molecule has 0 fully saturated rings. The fourth-order valence-electron chi connectivity index (χ4n) is 3.04. The Hall–Kier alpha value is -2.70. The van der Waals surface area contributed by atoms with Gasteiger partial charge in [0, 0.05) is 15.0 Å². The maximum absolute atomic E-state index is 13.2. The van der Waals surface area contributed by atoms with Crippen LogP contribution in [0.2, 0.25) is 0 Å². The largest absolute Gasteiger partial charge is 0.350 e. The van der Waals surface area contributed by atoms with Gasteiger partial charge in [0.05, 0.1) is 11.3 Å². The lowest BCUT2D eigenvalue weighted by Crippen LogP contribution is -2.32. The van der Waals surface area contributed by atoms with Gasteiger partial charge in [0.15, 0.2) is 0 Å². The fourth-order valence-corrected chi connectivity index (χ4v) is 4.21. The Bertz CT molecular complexity index is 1070. The molecular formula is C21H15BrN2O2S. The van der Waals surface area contributed by atoms with Crippen LogP contribution in [0.25, 0.3) is 5.57 Å². The molecule has 0 aliphatic carbocycles. The third kappa shape index (κ3) is 3.22. The van der Waals surface area contributed by atoms with Gasteiger partial charge in [-0.2, -0.15) is 0 Å². The SMILES string of the molecule is Cc1ccccc1N1C(=O)C(Nc2cccc(Br)c2)=C(c2cccs2)C1=O. The molecule has 4 rings (SSSR count). The maximum atomic E-state index is 13.2. The predicted octanol–water partition coefficient (Wildman–Crippen LogP) is 5.22. The van der Waals surface area contributed by atoms with E-state index in [9.17, 15) is 9.59 Å². The first kappa shape index (κ1) is 17.7. The standard InChI is InChI=1S/C21H15BrN2O2S/c1-13-6-2-3-9-16(13)24-20(25)18(17-10-5-11-27-17)19(21(24)26)23-15-8-4-7-14(22)12-15/h2-12,23H,1H3. The monoisotopic (exact) mass is 438 g/mol. The molecule has 2 aromatic carbocycles. The minimum atomic E-state index is -0.349. The highest BCUT2D eigenvalue weighted by molar-refractivity contribution is 9.10. The molecule has 134 valence electrons. The summed E-state index contributed by atoms with van der Waals surface area (Å²) >= 11 is 4.87.